The van der Waals surface area contributed by atoms with E-state index in [1.807, 2.05) is 31.2 Å². The topological polar surface area (TPSA) is 101 Å². The predicted molar refractivity (Wildman–Crippen MR) is 127 cm³/mol. The minimum atomic E-state index is -4.00. The molecular formula is C22H17ClN4O3S2. The van der Waals surface area contributed by atoms with Gasteiger partial charge in [0, 0.05) is 16.8 Å². The summed E-state index contributed by atoms with van der Waals surface area (Å²) in [5, 5.41) is 11.7. The molecule has 1 amide bonds. The first kappa shape index (κ1) is 21.9. The van der Waals surface area contributed by atoms with Crippen molar-refractivity contribution in [3.63, 3.8) is 0 Å². The zero-order valence-corrected chi connectivity index (χ0v) is 19.1. The van der Waals surface area contributed by atoms with Crippen LogP contribution in [0.4, 0.5) is 10.8 Å². The molecule has 162 valence electrons. The molecule has 0 bridgehead atoms. The fourth-order valence-corrected chi connectivity index (χ4v) is 5.15. The smallest absolute Gasteiger partial charge is 0.263 e. The molecule has 0 aliphatic carbocycles. The van der Waals surface area contributed by atoms with Crippen LogP contribution in [0.3, 0.4) is 0 Å². The lowest BCUT2D eigenvalue weighted by molar-refractivity contribution is 0.102. The molecule has 0 saturated carbocycles. The number of nitrogens with one attached hydrogen (secondary N) is 2. The van der Waals surface area contributed by atoms with Gasteiger partial charge in [-0.05, 0) is 37.3 Å². The summed E-state index contributed by atoms with van der Waals surface area (Å²) in [6, 6.07) is 20.2. The maximum Gasteiger partial charge on any atom is 0.263 e. The van der Waals surface area contributed by atoms with Crippen molar-refractivity contribution in [2.75, 3.05) is 10.0 Å². The van der Waals surface area contributed by atoms with Gasteiger partial charge < -0.3 is 0 Å². The van der Waals surface area contributed by atoms with Crippen molar-refractivity contribution in [1.29, 1.82) is 0 Å². The van der Waals surface area contributed by atoms with Crippen molar-refractivity contribution in [3.8, 4) is 10.6 Å². The summed E-state index contributed by atoms with van der Waals surface area (Å²) in [4.78, 5) is 12.5. The quantitative estimate of drug-likeness (QED) is 0.390. The monoisotopic (exact) mass is 484 g/mol. The van der Waals surface area contributed by atoms with Gasteiger partial charge in [-0.25, -0.2) is 8.42 Å². The lowest BCUT2D eigenvalue weighted by Crippen LogP contribution is -2.16. The number of hydrogen-bond acceptors (Lipinski definition) is 6. The number of hydrogen-bond donors (Lipinski definition) is 2. The highest BCUT2D eigenvalue weighted by atomic mass is 35.5. The van der Waals surface area contributed by atoms with Crippen LogP contribution in [-0.2, 0) is 10.0 Å². The Hall–Kier alpha value is -3.27. The Morgan fingerprint density at radius 3 is 2.41 bits per heavy atom. The second-order valence-electron chi connectivity index (χ2n) is 6.85. The van der Waals surface area contributed by atoms with Crippen molar-refractivity contribution in [2.24, 2.45) is 0 Å². The third kappa shape index (κ3) is 4.96. The molecular weight excluding hydrogens is 468 g/mol. The van der Waals surface area contributed by atoms with E-state index in [0.29, 0.717) is 15.8 Å². The first-order chi connectivity index (χ1) is 15.3. The number of benzene rings is 3. The van der Waals surface area contributed by atoms with Crippen LogP contribution in [0, 0.1) is 6.92 Å². The molecule has 0 saturated heterocycles. The second-order valence-corrected chi connectivity index (χ2v) is 9.88. The number of aryl methyl sites for hydroxylation is 1. The summed E-state index contributed by atoms with van der Waals surface area (Å²) in [6.45, 7) is 1.99. The Bertz CT molecular complexity index is 1370. The Labute approximate surface area is 194 Å². The molecule has 0 aliphatic heterocycles. The minimum Gasteiger partial charge on any atom is -0.296 e. The van der Waals surface area contributed by atoms with E-state index in [-0.39, 0.29) is 15.5 Å². The number of aromatic nitrogens is 2. The van der Waals surface area contributed by atoms with Crippen molar-refractivity contribution in [1.82, 2.24) is 10.2 Å². The first-order valence-corrected chi connectivity index (χ1v) is 12.1. The average molecular weight is 485 g/mol. The van der Waals surface area contributed by atoms with Gasteiger partial charge in [0.25, 0.3) is 15.9 Å². The number of halogens is 1. The average Bonchev–Trinajstić information content (AvgIpc) is 3.23. The maximum absolute atomic E-state index is 12.8. The number of carbonyl (C=O) groups excluding carboxylic acids is 1. The zero-order valence-electron chi connectivity index (χ0n) is 16.7. The molecule has 32 heavy (non-hydrogen) atoms. The van der Waals surface area contributed by atoms with Crippen LogP contribution in [0.25, 0.3) is 10.6 Å². The van der Waals surface area contributed by atoms with Gasteiger partial charge in [-0.15, -0.1) is 10.2 Å². The van der Waals surface area contributed by atoms with Crippen molar-refractivity contribution in [3.05, 3.63) is 88.9 Å². The maximum atomic E-state index is 12.8. The van der Waals surface area contributed by atoms with Crippen LogP contribution >= 0.6 is 22.9 Å². The number of sulfonamides is 1. The third-order valence-electron chi connectivity index (χ3n) is 4.45. The van der Waals surface area contributed by atoms with Crippen LogP contribution < -0.4 is 10.0 Å². The zero-order chi connectivity index (χ0) is 22.7. The number of nitrogens with zero attached hydrogens (tertiary/aromatic N) is 2. The van der Waals surface area contributed by atoms with Gasteiger partial charge >= 0.3 is 0 Å². The summed E-state index contributed by atoms with van der Waals surface area (Å²) >= 11 is 7.34. The summed E-state index contributed by atoms with van der Waals surface area (Å²) in [6.07, 6.45) is 0. The molecule has 0 aliphatic rings. The molecule has 7 nitrogen and oxygen atoms in total. The van der Waals surface area contributed by atoms with E-state index in [9.17, 15) is 13.2 Å². The van der Waals surface area contributed by atoms with E-state index < -0.39 is 15.9 Å². The molecule has 0 fully saturated rings. The summed E-state index contributed by atoms with van der Waals surface area (Å²) in [7, 11) is -4.00. The molecule has 1 aromatic heterocycles. The van der Waals surface area contributed by atoms with E-state index in [1.165, 1.54) is 29.5 Å². The van der Waals surface area contributed by atoms with E-state index in [2.05, 4.69) is 20.2 Å². The lowest BCUT2D eigenvalue weighted by atomic mass is 10.2. The SMILES string of the molecule is Cc1ccc(-c2nnc(NC(=O)c3ccc(Cl)c(S(=O)(=O)Nc4ccccc4)c3)s2)cc1. The van der Waals surface area contributed by atoms with E-state index in [1.54, 1.807) is 30.3 Å². The molecule has 4 aromatic rings. The van der Waals surface area contributed by atoms with Gasteiger partial charge in [-0.1, -0.05) is 71.0 Å². The van der Waals surface area contributed by atoms with Crippen LogP contribution in [0.5, 0.6) is 0 Å². The van der Waals surface area contributed by atoms with E-state index in [4.69, 9.17) is 11.6 Å². The van der Waals surface area contributed by atoms with Crippen molar-refractivity contribution >= 4 is 49.7 Å². The molecule has 0 spiro atoms. The van der Waals surface area contributed by atoms with Gasteiger partial charge in [0.2, 0.25) is 5.13 Å². The third-order valence-corrected chi connectivity index (χ3v) is 7.20. The summed E-state index contributed by atoms with van der Waals surface area (Å²) in [5.74, 6) is -0.524. The van der Waals surface area contributed by atoms with Crippen LogP contribution in [-0.4, -0.2) is 24.5 Å². The van der Waals surface area contributed by atoms with E-state index >= 15 is 0 Å². The highest BCUT2D eigenvalue weighted by molar-refractivity contribution is 7.92. The summed E-state index contributed by atoms with van der Waals surface area (Å²) in [5.41, 5.74) is 2.52. The highest BCUT2D eigenvalue weighted by Crippen LogP contribution is 2.28. The fraction of sp³-hybridized carbons (Fsp3) is 0.0455. The molecule has 2 N–H and O–H groups in total. The fourth-order valence-electron chi connectivity index (χ4n) is 2.82. The first-order valence-electron chi connectivity index (χ1n) is 9.41. The number of rotatable bonds is 6. The molecule has 1 heterocycles. The number of amides is 1. The molecule has 3 aromatic carbocycles. The minimum absolute atomic E-state index is 0.00236. The standard InChI is InChI=1S/C22H17ClN4O3S2/c1-14-7-9-15(10-8-14)21-25-26-22(31-21)24-20(28)16-11-12-18(23)19(13-16)32(29,30)27-17-5-3-2-4-6-17/h2-13,27H,1H3,(H,24,26,28). The van der Waals surface area contributed by atoms with Crippen LogP contribution in [0.15, 0.2) is 77.7 Å². The van der Waals surface area contributed by atoms with Crippen LogP contribution in [0.2, 0.25) is 5.02 Å². The Kier molecular flexibility index (Phi) is 6.22. The Balaban J connectivity index is 1.54. The Morgan fingerprint density at radius 2 is 1.69 bits per heavy atom. The highest BCUT2D eigenvalue weighted by Gasteiger charge is 2.21. The molecule has 0 unspecified atom stereocenters. The lowest BCUT2D eigenvalue weighted by Gasteiger charge is -2.11. The van der Waals surface area contributed by atoms with Gasteiger partial charge in [-0.3, -0.25) is 14.8 Å². The Morgan fingerprint density at radius 1 is 0.969 bits per heavy atom. The van der Waals surface area contributed by atoms with Gasteiger partial charge in [-0.2, -0.15) is 0 Å². The molecule has 0 atom stereocenters. The van der Waals surface area contributed by atoms with Crippen molar-refractivity contribution in [2.45, 2.75) is 11.8 Å². The number of anilines is 2. The van der Waals surface area contributed by atoms with Crippen molar-refractivity contribution < 1.29 is 13.2 Å². The second kappa shape index (κ2) is 9.07. The normalized spacial score (nSPS) is 11.2. The largest absolute Gasteiger partial charge is 0.296 e. The summed E-state index contributed by atoms with van der Waals surface area (Å²) < 4.78 is 28.0. The van der Waals surface area contributed by atoms with Gasteiger partial charge in [0.05, 0.1) is 5.02 Å². The number of para-hydroxylation sites is 1. The molecule has 10 heteroatoms. The van der Waals surface area contributed by atoms with Gasteiger partial charge in [0.15, 0.2) is 0 Å². The predicted octanol–water partition coefficient (Wildman–Crippen LogP) is 5.22. The van der Waals surface area contributed by atoms with Gasteiger partial charge in [0.1, 0.15) is 9.90 Å². The molecule has 0 radical (unpaired) electrons. The van der Waals surface area contributed by atoms with Crippen LogP contribution in [0.1, 0.15) is 15.9 Å². The van der Waals surface area contributed by atoms with E-state index in [0.717, 1.165) is 11.1 Å². The number of carbonyl (C=O) groups is 1. The molecule has 4 rings (SSSR count).